The number of carbonyl (C=O) groups excluding carboxylic acids is 1. The van der Waals surface area contributed by atoms with Gasteiger partial charge in [0.25, 0.3) is 5.91 Å². The molecule has 1 fully saturated rings. The van der Waals surface area contributed by atoms with Gasteiger partial charge in [0, 0.05) is 66.6 Å². The molecule has 1 unspecified atom stereocenters. The van der Waals surface area contributed by atoms with Crippen molar-refractivity contribution in [3.63, 3.8) is 0 Å². The number of ether oxygens (including phenoxy) is 2. The minimum atomic E-state index is -0.0329. The Morgan fingerprint density at radius 1 is 1.17 bits per heavy atom. The molecular weight excluding hydrogens is 476 g/mol. The first-order valence-corrected chi connectivity index (χ1v) is 13.0. The molecule has 9 nitrogen and oxygen atoms in total. The van der Waals surface area contributed by atoms with Crippen molar-refractivity contribution in [3.05, 3.63) is 46.7 Å². The van der Waals surface area contributed by atoms with Crippen molar-refractivity contribution in [1.82, 2.24) is 25.2 Å². The number of aromatic nitrogens is 3. The molecule has 5 heterocycles. The van der Waals surface area contributed by atoms with Crippen LogP contribution in [0.1, 0.15) is 33.9 Å². The first-order chi connectivity index (χ1) is 17.6. The molecule has 2 aliphatic heterocycles. The molecule has 0 radical (unpaired) electrons. The first kappa shape index (κ1) is 23.1. The van der Waals surface area contributed by atoms with Crippen LogP contribution >= 0.6 is 11.3 Å². The van der Waals surface area contributed by atoms with Crippen LogP contribution in [-0.4, -0.2) is 65.2 Å². The van der Waals surface area contributed by atoms with Gasteiger partial charge in [0.15, 0.2) is 0 Å². The number of pyridine rings is 1. The molecule has 0 aliphatic carbocycles. The molecular formula is C26H28N6O3S. The van der Waals surface area contributed by atoms with E-state index >= 15 is 0 Å². The van der Waals surface area contributed by atoms with Crippen molar-refractivity contribution in [3.8, 4) is 11.8 Å². The Balaban J connectivity index is 1.32. The third-order valence-electron chi connectivity index (χ3n) is 6.75. The third-order valence-corrected chi connectivity index (χ3v) is 7.90. The van der Waals surface area contributed by atoms with E-state index in [-0.39, 0.29) is 12.0 Å². The minimum absolute atomic E-state index is 0.0329. The van der Waals surface area contributed by atoms with Crippen LogP contribution in [0, 0.1) is 6.92 Å². The molecule has 10 heteroatoms. The molecule has 186 valence electrons. The zero-order valence-corrected chi connectivity index (χ0v) is 21.2. The molecule has 4 aromatic rings. The number of anilines is 1. The Kier molecular flexibility index (Phi) is 6.16. The number of amides is 1. The van der Waals surface area contributed by atoms with E-state index in [0.717, 1.165) is 58.2 Å². The maximum atomic E-state index is 12.5. The van der Waals surface area contributed by atoms with Crippen LogP contribution in [0.5, 0.6) is 11.8 Å². The van der Waals surface area contributed by atoms with Crippen LogP contribution in [0.15, 0.2) is 30.5 Å². The number of methoxy groups -OCH3 is 1. The summed E-state index contributed by atoms with van der Waals surface area (Å²) < 4.78 is 12.9. The Morgan fingerprint density at radius 2 is 2.06 bits per heavy atom. The second-order valence-electron chi connectivity index (χ2n) is 9.23. The number of rotatable bonds is 5. The summed E-state index contributed by atoms with van der Waals surface area (Å²) in [6.45, 7) is 5.73. The summed E-state index contributed by atoms with van der Waals surface area (Å²) in [5, 5.41) is 8.38. The van der Waals surface area contributed by atoms with Crippen LogP contribution in [-0.2, 0) is 11.3 Å². The van der Waals surface area contributed by atoms with Gasteiger partial charge in [0.05, 0.1) is 17.3 Å². The Morgan fingerprint density at radius 3 is 2.94 bits per heavy atom. The standard InChI is InChI=1S/C26H28N6O3S/c1-15-29-12-16(13-32-11-3-4-17(14-32)34-2)26(30-15)35-21-8-5-18-19(31-21)6-7-20-22(18)23-24(36-20)25(33)28-10-9-27-23/h5-8,12,17,27H,3-4,9-11,13-14H2,1-2H3,(H,28,33). The van der Waals surface area contributed by atoms with Gasteiger partial charge in [-0.3, -0.25) is 9.69 Å². The molecule has 3 aromatic heterocycles. The molecule has 0 saturated carbocycles. The lowest BCUT2D eigenvalue weighted by atomic mass is 10.1. The number of likely N-dealkylation sites (tertiary alicyclic amines) is 1. The molecule has 1 amide bonds. The minimum Gasteiger partial charge on any atom is -0.420 e. The third kappa shape index (κ3) is 4.36. The fourth-order valence-electron chi connectivity index (χ4n) is 4.97. The van der Waals surface area contributed by atoms with Gasteiger partial charge < -0.3 is 20.1 Å². The van der Waals surface area contributed by atoms with Gasteiger partial charge >= 0.3 is 0 Å². The van der Waals surface area contributed by atoms with Gasteiger partial charge in [0.2, 0.25) is 11.8 Å². The van der Waals surface area contributed by atoms with Crippen LogP contribution < -0.4 is 15.4 Å². The molecule has 36 heavy (non-hydrogen) atoms. The van der Waals surface area contributed by atoms with Crippen molar-refractivity contribution in [1.29, 1.82) is 0 Å². The monoisotopic (exact) mass is 504 g/mol. The molecule has 0 spiro atoms. The lowest BCUT2D eigenvalue weighted by Crippen LogP contribution is -2.38. The second kappa shape index (κ2) is 9.61. The van der Waals surface area contributed by atoms with E-state index in [0.29, 0.717) is 42.1 Å². The molecule has 2 aliphatic rings. The van der Waals surface area contributed by atoms with Crippen molar-refractivity contribution in [2.45, 2.75) is 32.4 Å². The number of thiophene rings is 1. The highest BCUT2D eigenvalue weighted by Crippen LogP contribution is 2.41. The Labute approximate surface area is 212 Å². The smallest absolute Gasteiger partial charge is 0.263 e. The topological polar surface area (TPSA) is 102 Å². The zero-order valence-electron chi connectivity index (χ0n) is 20.3. The number of fused-ring (bicyclic) bond motifs is 5. The average Bonchev–Trinajstić information content (AvgIpc) is 3.17. The summed E-state index contributed by atoms with van der Waals surface area (Å²) >= 11 is 1.50. The Hall–Kier alpha value is -3.34. The maximum Gasteiger partial charge on any atom is 0.263 e. The number of piperidine rings is 1. The van der Waals surface area contributed by atoms with Gasteiger partial charge in [-0.2, -0.15) is 4.98 Å². The maximum absolute atomic E-state index is 12.5. The van der Waals surface area contributed by atoms with E-state index in [9.17, 15) is 4.79 Å². The lowest BCUT2D eigenvalue weighted by Gasteiger charge is -2.31. The van der Waals surface area contributed by atoms with Crippen molar-refractivity contribution in [2.75, 3.05) is 38.6 Å². The van der Waals surface area contributed by atoms with Gasteiger partial charge in [-0.15, -0.1) is 11.3 Å². The van der Waals surface area contributed by atoms with E-state index in [1.165, 1.54) is 11.3 Å². The van der Waals surface area contributed by atoms with E-state index in [2.05, 4.69) is 25.5 Å². The SMILES string of the molecule is COC1CCCN(Cc2cnc(C)nc2Oc2ccc3c(ccc4sc5c(c43)NCCNC5=O)n2)C1. The normalized spacial score (nSPS) is 18.5. The highest BCUT2D eigenvalue weighted by Gasteiger charge is 2.23. The van der Waals surface area contributed by atoms with Gasteiger partial charge in [-0.25, -0.2) is 9.97 Å². The lowest BCUT2D eigenvalue weighted by molar-refractivity contribution is 0.0282. The number of nitrogens with zero attached hydrogens (tertiary/aromatic N) is 4. The summed E-state index contributed by atoms with van der Waals surface area (Å²) in [7, 11) is 1.77. The van der Waals surface area contributed by atoms with E-state index in [1.807, 2.05) is 37.4 Å². The van der Waals surface area contributed by atoms with Crippen LogP contribution in [0.25, 0.3) is 21.0 Å². The number of carbonyl (C=O) groups is 1. The average molecular weight is 505 g/mol. The van der Waals surface area contributed by atoms with E-state index in [1.54, 1.807) is 7.11 Å². The van der Waals surface area contributed by atoms with E-state index in [4.69, 9.17) is 14.5 Å². The molecule has 1 aromatic carbocycles. The fourth-order valence-corrected chi connectivity index (χ4v) is 6.08. The summed E-state index contributed by atoms with van der Waals surface area (Å²) in [6.07, 6.45) is 4.28. The zero-order chi connectivity index (χ0) is 24.6. The summed E-state index contributed by atoms with van der Waals surface area (Å²) in [4.78, 5) is 29.4. The van der Waals surface area contributed by atoms with Gasteiger partial charge in [-0.1, -0.05) is 0 Å². The number of aryl methyl sites for hydroxylation is 1. The number of hydrogen-bond donors (Lipinski definition) is 2. The quantitative estimate of drug-likeness (QED) is 0.419. The number of benzene rings is 1. The van der Waals surface area contributed by atoms with Crippen LogP contribution in [0.2, 0.25) is 0 Å². The van der Waals surface area contributed by atoms with Crippen molar-refractivity contribution in [2.24, 2.45) is 0 Å². The second-order valence-corrected chi connectivity index (χ2v) is 10.3. The number of nitrogens with one attached hydrogen (secondary N) is 2. The summed E-state index contributed by atoms with van der Waals surface area (Å²) in [5.74, 6) is 1.61. The first-order valence-electron chi connectivity index (χ1n) is 12.2. The molecule has 1 saturated heterocycles. The largest absolute Gasteiger partial charge is 0.420 e. The predicted molar refractivity (Wildman–Crippen MR) is 140 cm³/mol. The molecule has 2 N–H and O–H groups in total. The molecule has 6 rings (SSSR count). The Bertz CT molecular complexity index is 1450. The van der Waals surface area contributed by atoms with Crippen LogP contribution in [0.4, 0.5) is 5.69 Å². The van der Waals surface area contributed by atoms with Crippen LogP contribution in [0.3, 0.4) is 0 Å². The van der Waals surface area contributed by atoms with Gasteiger partial charge in [0.1, 0.15) is 10.7 Å². The summed E-state index contributed by atoms with van der Waals surface area (Å²) in [6, 6.07) is 7.87. The number of hydrogen-bond acceptors (Lipinski definition) is 9. The van der Waals surface area contributed by atoms with Crippen molar-refractivity contribution < 1.29 is 14.3 Å². The van der Waals surface area contributed by atoms with E-state index < -0.39 is 0 Å². The highest BCUT2D eigenvalue weighted by molar-refractivity contribution is 7.21. The highest BCUT2D eigenvalue weighted by atomic mass is 32.1. The predicted octanol–water partition coefficient (Wildman–Crippen LogP) is 4.11. The van der Waals surface area contributed by atoms with Crippen molar-refractivity contribution >= 4 is 43.9 Å². The molecule has 0 bridgehead atoms. The van der Waals surface area contributed by atoms with Gasteiger partial charge in [-0.05, 0) is 44.5 Å². The summed E-state index contributed by atoms with van der Waals surface area (Å²) in [5.41, 5.74) is 2.61. The molecule has 1 atom stereocenters. The fraction of sp³-hybridized carbons (Fsp3) is 0.385.